The van der Waals surface area contributed by atoms with E-state index in [-0.39, 0.29) is 17.4 Å². The van der Waals surface area contributed by atoms with Gasteiger partial charge in [-0.1, -0.05) is 0 Å². The summed E-state index contributed by atoms with van der Waals surface area (Å²) in [6.45, 7) is 0.268. The van der Waals surface area contributed by atoms with Crippen LogP contribution in [0.15, 0.2) is 29.3 Å². The SMILES string of the molecule is O=c1c2cc(OC(F)(F)F)ccc2ncn1CC1(CO)CC1. The van der Waals surface area contributed by atoms with Crippen LogP contribution in [0.25, 0.3) is 10.9 Å². The van der Waals surface area contributed by atoms with E-state index in [2.05, 4.69) is 9.72 Å². The average molecular weight is 314 g/mol. The number of hydrogen-bond acceptors (Lipinski definition) is 4. The van der Waals surface area contributed by atoms with Gasteiger partial charge in [-0.05, 0) is 31.0 Å². The summed E-state index contributed by atoms with van der Waals surface area (Å²) in [6, 6.07) is 3.46. The fourth-order valence-corrected chi connectivity index (χ4v) is 2.35. The van der Waals surface area contributed by atoms with Crippen molar-refractivity contribution in [1.82, 2.24) is 9.55 Å². The Labute approximate surface area is 123 Å². The molecule has 0 radical (unpaired) electrons. The number of halogens is 3. The van der Waals surface area contributed by atoms with Crippen molar-refractivity contribution >= 4 is 10.9 Å². The smallest absolute Gasteiger partial charge is 0.406 e. The quantitative estimate of drug-likeness (QED) is 0.938. The summed E-state index contributed by atoms with van der Waals surface area (Å²) >= 11 is 0. The zero-order chi connectivity index (χ0) is 16.0. The summed E-state index contributed by atoms with van der Waals surface area (Å²) in [5.41, 5.74) is -0.457. The van der Waals surface area contributed by atoms with Crippen LogP contribution in [0.4, 0.5) is 13.2 Å². The Kier molecular flexibility index (Phi) is 3.36. The normalized spacial score (nSPS) is 16.7. The highest BCUT2D eigenvalue weighted by Gasteiger charge is 2.42. The summed E-state index contributed by atoms with van der Waals surface area (Å²) < 4.78 is 41.9. The van der Waals surface area contributed by atoms with Crippen molar-refractivity contribution in [2.24, 2.45) is 5.41 Å². The molecule has 0 bridgehead atoms. The molecule has 3 rings (SSSR count). The third kappa shape index (κ3) is 2.92. The van der Waals surface area contributed by atoms with E-state index in [1.807, 2.05) is 0 Å². The third-order valence-electron chi connectivity index (χ3n) is 3.83. The van der Waals surface area contributed by atoms with Gasteiger partial charge in [0.1, 0.15) is 5.75 Å². The molecule has 1 heterocycles. The summed E-state index contributed by atoms with van der Waals surface area (Å²) in [4.78, 5) is 16.4. The Morgan fingerprint density at radius 1 is 1.36 bits per heavy atom. The van der Waals surface area contributed by atoms with E-state index in [9.17, 15) is 23.1 Å². The molecular weight excluding hydrogens is 301 g/mol. The highest BCUT2D eigenvalue weighted by Crippen LogP contribution is 2.46. The van der Waals surface area contributed by atoms with Gasteiger partial charge in [0.05, 0.1) is 23.8 Å². The van der Waals surface area contributed by atoms with E-state index in [1.54, 1.807) is 0 Å². The maximum atomic E-state index is 12.4. The lowest BCUT2D eigenvalue weighted by atomic mass is 10.1. The highest BCUT2D eigenvalue weighted by atomic mass is 19.4. The van der Waals surface area contributed by atoms with Crippen LogP contribution in [0, 0.1) is 5.41 Å². The van der Waals surface area contributed by atoms with Gasteiger partial charge in [0.15, 0.2) is 0 Å². The molecule has 1 saturated carbocycles. The molecule has 8 heteroatoms. The Morgan fingerprint density at radius 3 is 2.68 bits per heavy atom. The molecule has 1 N–H and O–H groups in total. The Bertz CT molecular complexity index is 766. The molecule has 1 aliphatic rings. The molecule has 0 unspecified atom stereocenters. The molecule has 118 valence electrons. The van der Waals surface area contributed by atoms with Crippen molar-refractivity contribution in [3.63, 3.8) is 0 Å². The number of alkyl halides is 3. The minimum atomic E-state index is -4.82. The topological polar surface area (TPSA) is 64.3 Å². The van der Waals surface area contributed by atoms with E-state index < -0.39 is 17.7 Å². The van der Waals surface area contributed by atoms with Gasteiger partial charge < -0.3 is 9.84 Å². The minimum absolute atomic E-state index is 0.0330. The summed E-state index contributed by atoms with van der Waals surface area (Å²) in [6.07, 6.45) is -1.84. The fraction of sp³-hybridized carbons (Fsp3) is 0.429. The molecule has 0 saturated heterocycles. The number of aliphatic hydroxyl groups excluding tert-OH is 1. The van der Waals surface area contributed by atoms with Crippen molar-refractivity contribution in [3.05, 3.63) is 34.9 Å². The van der Waals surface area contributed by atoms with Crippen LogP contribution >= 0.6 is 0 Å². The van der Waals surface area contributed by atoms with Crippen LogP contribution in [-0.2, 0) is 6.54 Å². The first-order valence-corrected chi connectivity index (χ1v) is 6.68. The molecule has 5 nitrogen and oxygen atoms in total. The molecule has 22 heavy (non-hydrogen) atoms. The summed E-state index contributed by atoms with van der Waals surface area (Å²) in [5.74, 6) is -0.458. The van der Waals surface area contributed by atoms with Gasteiger partial charge in [0.2, 0.25) is 0 Å². The van der Waals surface area contributed by atoms with E-state index >= 15 is 0 Å². The number of nitrogens with zero attached hydrogens (tertiary/aromatic N) is 2. The van der Waals surface area contributed by atoms with Crippen LogP contribution < -0.4 is 10.3 Å². The first kappa shape index (κ1) is 14.8. The zero-order valence-corrected chi connectivity index (χ0v) is 11.4. The van der Waals surface area contributed by atoms with Gasteiger partial charge in [-0.25, -0.2) is 4.98 Å². The number of fused-ring (bicyclic) bond motifs is 1. The lowest BCUT2D eigenvalue weighted by Gasteiger charge is -2.14. The number of ether oxygens (including phenoxy) is 1. The molecule has 1 aliphatic carbocycles. The van der Waals surface area contributed by atoms with Gasteiger partial charge in [-0.15, -0.1) is 13.2 Å². The number of rotatable bonds is 4. The van der Waals surface area contributed by atoms with E-state index in [4.69, 9.17) is 0 Å². The van der Waals surface area contributed by atoms with Gasteiger partial charge >= 0.3 is 6.36 Å². The Hall–Kier alpha value is -2.09. The maximum absolute atomic E-state index is 12.4. The van der Waals surface area contributed by atoms with Gasteiger partial charge in [-0.3, -0.25) is 9.36 Å². The first-order valence-electron chi connectivity index (χ1n) is 6.68. The largest absolute Gasteiger partial charge is 0.573 e. The van der Waals surface area contributed by atoms with Crippen molar-refractivity contribution in [2.45, 2.75) is 25.7 Å². The second-order valence-corrected chi connectivity index (χ2v) is 5.56. The Balaban J connectivity index is 1.99. The van der Waals surface area contributed by atoms with Crippen LogP contribution in [0.2, 0.25) is 0 Å². The maximum Gasteiger partial charge on any atom is 0.573 e. The van der Waals surface area contributed by atoms with Crippen molar-refractivity contribution in [1.29, 1.82) is 0 Å². The molecule has 1 aromatic heterocycles. The van der Waals surface area contributed by atoms with Gasteiger partial charge in [-0.2, -0.15) is 0 Å². The second kappa shape index (κ2) is 4.98. The predicted molar refractivity (Wildman–Crippen MR) is 71.4 cm³/mol. The molecule has 0 aliphatic heterocycles. The number of aromatic nitrogens is 2. The lowest BCUT2D eigenvalue weighted by molar-refractivity contribution is -0.274. The predicted octanol–water partition coefficient (Wildman–Crippen LogP) is 2.07. The van der Waals surface area contributed by atoms with Crippen LogP contribution in [0.1, 0.15) is 12.8 Å². The van der Waals surface area contributed by atoms with Crippen LogP contribution in [0.5, 0.6) is 5.75 Å². The molecule has 0 atom stereocenters. The Morgan fingerprint density at radius 2 is 2.09 bits per heavy atom. The molecular formula is C14H13F3N2O3. The average Bonchev–Trinajstić information content (AvgIpc) is 3.21. The monoisotopic (exact) mass is 314 g/mol. The van der Waals surface area contributed by atoms with E-state index in [1.165, 1.54) is 17.0 Å². The lowest BCUT2D eigenvalue weighted by Crippen LogP contribution is -2.27. The minimum Gasteiger partial charge on any atom is -0.406 e. The molecule has 2 aromatic rings. The molecule has 0 spiro atoms. The zero-order valence-electron chi connectivity index (χ0n) is 11.4. The molecule has 1 aromatic carbocycles. The van der Waals surface area contributed by atoms with Gasteiger partial charge in [0.25, 0.3) is 5.56 Å². The van der Waals surface area contributed by atoms with Crippen LogP contribution in [0.3, 0.4) is 0 Å². The number of hydrogen-bond donors (Lipinski definition) is 1. The number of benzene rings is 1. The highest BCUT2D eigenvalue weighted by molar-refractivity contribution is 5.78. The van der Waals surface area contributed by atoms with Crippen molar-refractivity contribution < 1.29 is 23.0 Å². The first-order chi connectivity index (χ1) is 10.3. The van der Waals surface area contributed by atoms with E-state index in [0.717, 1.165) is 25.0 Å². The molecule has 0 amide bonds. The van der Waals surface area contributed by atoms with Crippen molar-refractivity contribution in [3.8, 4) is 5.75 Å². The second-order valence-electron chi connectivity index (χ2n) is 5.56. The van der Waals surface area contributed by atoms with Gasteiger partial charge in [0, 0.05) is 12.0 Å². The standard InChI is InChI=1S/C14H13F3N2O3/c15-14(16,17)22-9-1-2-11-10(5-9)12(21)19(8-18-11)6-13(7-20)3-4-13/h1-2,5,8,20H,3-4,6-7H2. The summed E-state index contributed by atoms with van der Waals surface area (Å²) in [5, 5.41) is 9.37. The fourth-order valence-electron chi connectivity index (χ4n) is 2.35. The summed E-state index contributed by atoms with van der Waals surface area (Å²) in [7, 11) is 0. The molecule has 1 fully saturated rings. The van der Waals surface area contributed by atoms with Crippen LogP contribution in [-0.4, -0.2) is 27.6 Å². The third-order valence-corrected chi connectivity index (χ3v) is 3.83. The van der Waals surface area contributed by atoms with E-state index in [0.29, 0.717) is 12.1 Å². The van der Waals surface area contributed by atoms with Crippen molar-refractivity contribution in [2.75, 3.05) is 6.61 Å². The number of aliphatic hydroxyl groups is 1.